The van der Waals surface area contributed by atoms with Gasteiger partial charge in [-0.2, -0.15) is 0 Å². The fourth-order valence-electron chi connectivity index (χ4n) is 4.53. The number of halogens is 2. The molecule has 3 heterocycles. The third kappa shape index (κ3) is 5.85. The van der Waals surface area contributed by atoms with Gasteiger partial charge in [0.25, 0.3) is 0 Å². The predicted molar refractivity (Wildman–Crippen MR) is 155 cm³/mol. The summed E-state index contributed by atoms with van der Waals surface area (Å²) in [5, 5.41) is 6.34. The normalized spacial score (nSPS) is 13.7. The van der Waals surface area contributed by atoms with Crippen LogP contribution in [-0.4, -0.2) is 71.8 Å². The smallest absolute Gasteiger partial charge is 0.190 e. The molecule has 4 aromatic rings. The van der Waals surface area contributed by atoms with Gasteiger partial charge in [0, 0.05) is 55.9 Å². The van der Waals surface area contributed by atoms with Crippen LogP contribution < -0.4 is 25.0 Å². The molecule has 1 fully saturated rings. The Morgan fingerprint density at radius 2 is 1.68 bits per heavy atom. The van der Waals surface area contributed by atoms with Crippen LogP contribution in [0.4, 0.5) is 33.1 Å². The second-order valence-electron chi connectivity index (χ2n) is 9.08. The van der Waals surface area contributed by atoms with Gasteiger partial charge in [0.1, 0.15) is 40.7 Å². The highest BCUT2D eigenvalue weighted by atomic mass is 35.5. The number of nitrogens with zero attached hydrogens (tertiary/aromatic N) is 6. The van der Waals surface area contributed by atoms with Gasteiger partial charge < -0.3 is 29.9 Å². The van der Waals surface area contributed by atoms with Gasteiger partial charge in [0.2, 0.25) is 0 Å². The monoisotopic (exact) mass is 564 g/mol. The number of benzene rings is 2. The molecule has 0 bridgehead atoms. The Morgan fingerprint density at radius 1 is 0.925 bits per heavy atom. The van der Waals surface area contributed by atoms with Gasteiger partial charge in [-0.1, -0.05) is 18.5 Å². The molecular formula is C28H30ClFN8O2. The third-order valence-corrected chi connectivity index (χ3v) is 7.17. The average Bonchev–Trinajstić information content (AvgIpc) is 3.00. The summed E-state index contributed by atoms with van der Waals surface area (Å²) in [6.07, 6.45) is 4.37. The summed E-state index contributed by atoms with van der Waals surface area (Å²) in [5.74, 6) is 0.418. The van der Waals surface area contributed by atoms with Gasteiger partial charge in [-0.05, 0) is 30.8 Å². The molecule has 0 saturated carbocycles. The number of hydrogen-bond acceptors (Lipinski definition) is 10. The van der Waals surface area contributed by atoms with E-state index < -0.39 is 5.82 Å². The van der Waals surface area contributed by atoms with Crippen molar-refractivity contribution in [1.29, 1.82) is 0 Å². The number of anilines is 5. The van der Waals surface area contributed by atoms with Gasteiger partial charge in [-0.3, -0.25) is 0 Å². The SMILES string of the molecule is CCN1CCN(c2ccc(Nc3cc(-c4cncnc4Nc4c(F)c(OC)cc(OC)c4Cl)ncn3)cc2)CC1. The highest BCUT2D eigenvalue weighted by Crippen LogP contribution is 2.42. The maximum Gasteiger partial charge on any atom is 0.190 e. The Bertz CT molecular complexity index is 1440. The van der Waals surface area contributed by atoms with E-state index in [9.17, 15) is 0 Å². The van der Waals surface area contributed by atoms with Crippen LogP contribution in [0.5, 0.6) is 11.5 Å². The van der Waals surface area contributed by atoms with E-state index in [0.29, 0.717) is 22.9 Å². The average molecular weight is 565 g/mol. The van der Waals surface area contributed by atoms with E-state index in [0.717, 1.165) is 38.4 Å². The van der Waals surface area contributed by atoms with Gasteiger partial charge in [-0.15, -0.1) is 0 Å². The zero-order chi connectivity index (χ0) is 28.1. The highest BCUT2D eigenvalue weighted by Gasteiger charge is 2.21. The van der Waals surface area contributed by atoms with E-state index in [1.54, 1.807) is 12.3 Å². The van der Waals surface area contributed by atoms with E-state index in [4.69, 9.17) is 21.1 Å². The number of piperazine rings is 1. The minimum Gasteiger partial charge on any atom is -0.495 e. The molecule has 40 heavy (non-hydrogen) atoms. The summed E-state index contributed by atoms with van der Waals surface area (Å²) >= 11 is 6.41. The number of nitrogens with one attached hydrogen (secondary N) is 2. The van der Waals surface area contributed by atoms with E-state index in [2.05, 4.69) is 59.4 Å². The summed E-state index contributed by atoms with van der Waals surface area (Å²) in [5.41, 5.74) is 3.09. The van der Waals surface area contributed by atoms with Crippen molar-refractivity contribution in [2.24, 2.45) is 0 Å². The van der Waals surface area contributed by atoms with Crippen LogP contribution >= 0.6 is 11.6 Å². The lowest BCUT2D eigenvalue weighted by Crippen LogP contribution is -2.46. The molecule has 208 valence electrons. The molecule has 12 heteroatoms. The molecule has 0 spiro atoms. The number of rotatable bonds is 9. The van der Waals surface area contributed by atoms with Gasteiger partial charge >= 0.3 is 0 Å². The fraction of sp³-hybridized carbons (Fsp3) is 0.286. The fourth-order valence-corrected chi connectivity index (χ4v) is 4.79. The molecule has 0 radical (unpaired) electrons. The van der Waals surface area contributed by atoms with E-state index in [1.165, 1.54) is 38.6 Å². The zero-order valence-electron chi connectivity index (χ0n) is 22.5. The van der Waals surface area contributed by atoms with Crippen LogP contribution in [0.2, 0.25) is 5.02 Å². The van der Waals surface area contributed by atoms with Crippen LogP contribution in [-0.2, 0) is 0 Å². The minimum atomic E-state index is -0.682. The Labute approximate surface area is 237 Å². The van der Waals surface area contributed by atoms with Crippen molar-refractivity contribution in [1.82, 2.24) is 24.8 Å². The first-order chi connectivity index (χ1) is 19.5. The Hall–Kier alpha value is -4.22. The Morgan fingerprint density at radius 3 is 2.38 bits per heavy atom. The molecule has 1 aliphatic heterocycles. The van der Waals surface area contributed by atoms with Crippen molar-refractivity contribution in [3.05, 3.63) is 66.1 Å². The standard InChI is InChI=1S/C28H30ClFN8O2/c1-4-37-9-11-38(12-10-37)19-7-5-18(6-8-19)35-24-13-21(32-17-33-24)20-15-31-16-34-28(20)36-27-25(29)22(39-2)14-23(40-3)26(27)30/h5-8,13-17H,4,9-12H2,1-3H3,(H,31,34,36)(H,32,33,35). The molecule has 1 aliphatic rings. The van der Waals surface area contributed by atoms with Gasteiger partial charge in [-0.25, -0.2) is 24.3 Å². The lowest BCUT2D eigenvalue weighted by Gasteiger charge is -2.35. The maximum atomic E-state index is 15.1. The quantitative estimate of drug-likeness (QED) is 0.276. The molecule has 0 aliphatic carbocycles. The lowest BCUT2D eigenvalue weighted by molar-refractivity contribution is 0.271. The molecule has 0 unspecified atom stereocenters. The number of aromatic nitrogens is 4. The van der Waals surface area contributed by atoms with Gasteiger partial charge in [0.15, 0.2) is 11.6 Å². The van der Waals surface area contributed by atoms with Crippen molar-refractivity contribution >= 4 is 40.3 Å². The first-order valence-electron chi connectivity index (χ1n) is 12.8. The van der Waals surface area contributed by atoms with Crippen LogP contribution in [0, 0.1) is 5.82 Å². The topological polar surface area (TPSA) is 101 Å². The lowest BCUT2D eigenvalue weighted by atomic mass is 10.2. The molecule has 1 saturated heterocycles. The van der Waals surface area contributed by atoms with Crippen molar-refractivity contribution in [2.75, 3.05) is 62.5 Å². The van der Waals surface area contributed by atoms with Gasteiger partial charge in [0.05, 0.1) is 25.5 Å². The summed E-state index contributed by atoms with van der Waals surface area (Å²) in [4.78, 5) is 22.1. The zero-order valence-corrected chi connectivity index (χ0v) is 23.2. The van der Waals surface area contributed by atoms with Crippen molar-refractivity contribution in [3.63, 3.8) is 0 Å². The van der Waals surface area contributed by atoms with E-state index in [-0.39, 0.29) is 22.2 Å². The second kappa shape index (κ2) is 12.3. The first kappa shape index (κ1) is 27.4. The summed E-state index contributed by atoms with van der Waals surface area (Å²) < 4.78 is 25.6. The molecule has 5 rings (SSSR count). The van der Waals surface area contributed by atoms with Crippen LogP contribution in [0.1, 0.15) is 6.92 Å². The molecule has 0 amide bonds. The Balaban J connectivity index is 1.36. The molecule has 0 atom stereocenters. The maximum absolute atomic E-state index is 15.1. The molecular weight excluding hydrogens is 535 g/mol. The summed E-state index contributed by atoms with van der Waals surface area (Å²) in [6.45, 7) is 7.47. The van der Waals surface area contributed by atoms with Crippen LogP contribution in [0.25, 0.3) is 11.3 Å². The minimum absolute atomic E-state index is 0.0258. The first-order valence-corrected chi connectivity index (χ1v) is 13.2. The number of likely N-dealkylation sites (N-methyl/N-ethyl adjacent to an activating group) is 1. The molecule has 2 aromatic heterocycles. The Kier molecular flexibility index (Phi) is 8.42. The number of ether oxygens (including phenoxy) is 2. The number of hydrogen-bond donors (Lipinski definition) is 2. The number of methoxy groups -OCH3 is 2. The second-order valence-corrected chi connectivity index (χ2v) is 9.45. The largest absolute Gasteiger partial charge is 0.495 e. The van der Waals surface area contributed by atoms with E-state index >= 15 is 4.39 Å². The summed E-state index contributed by atoms with van der Waals surface area (Å²) in [6, 6.07) is 11.4. The van der Waals surface area contributed by atoms with E-state index in [1.807, 2.05) is 12.1 Å². The van der Waals surface area contributed by atoms with Crippen LogP contribution in [0.15, 0.2) is 55.2 Å². The summed E-state index contributed by atoms with van der Waals surface area (Å²) in [7, 11) is 2.80. The molecule has 10 nitrogen and oxygen atoms in total. The van der Waals surface area contributed by atoms with Crippen molar-refractivity contribution < 1.29 is 13.9 Å². The predicted octanol–water partition coefficient (Wildman–Crippen LogP) is 5.37. The third-order valence-electron chi connectivity index (χ3n) is 6.80. The van der Waals surface area contributed by atoms with Crippen LogP contribution in [0.3, 0.4) is 0 Å². The van der Waals surface area contributed by atoms with Crippen molar-refractivity contribution in [2.45, 2.75) is 6.92 Å². The molecule has 2 aromatic carbocycles. The van der Waals surface area contributed by atoms with Crippen molar-refractivity contribution in [3.8, 4) is 22.8 Å². The molecule has 2 N–H and O–H groups in total. The highest BCUT2D eigenvalue weighted by molar-refractivity contribution is 6.35.